The van der Waals surface area contributed by atoms with E-state index >= 15 is 0 Å². The molecule has 140 valence electrons. The van der Waals surface area contributed by atoms with E-state index in [4.69, 9.17) is 4.74 Å². The molecule has 1 aromatic rings. The molecular weight excluding hydrogens is 320 g/mol. The number of aryl methyl sites for hydroxylation is 1. The zero-order chi connectivity index (χ0) is 17.9. The number of amides is 1. The van der Waals surface area contributed by atoms with Gasteiger partial charge in [0.25, 0.3) is 0 Å². The van der Waals surface area contributed by atoms with Crippen LogP contribution in [0, 0.1) is 11.3 Å². The molecule has 2 aliphatic rings. The number of aromatic nitrogens is 3. The third-order valence-corrected chi connectivity index (χ3v) is 6.02. The molecule has 0 saturated heterocycles. The number of carbonyl (C=O) groups excluding carboxylic acids is 1. The van der Waals surface area contributed by atoms with E-state index in [1.807, 2.05) is 18.5 Å². The van der Waals surface area contributed by atoms with Gasteiger partial charge in [-0.15, -0.1) is 10.2 Å². The summed E-state index contributed by atoms with van der Waals surface area (Å²) in [6.45, 7) is 3.84. The minimum Gasteiger partial charge on any atom is -0.393 e. The lowest BCUT2D eigenvalue weighted by Crippen LogP contribution is -2.48. The van der Waals surface area contributed by atoms with E-state index in [2.05, 4.69) is 15.5 Å². The van der Waals surface area contributed by atoms with Crippen LogP contribution in [-0.2, 0) is 16.6 Å². The van der Waals surface area contributed by atoms with Crippen LogP contribution in [0.5, 0.6) is 0 Å². The molecule has 1 aromatic heterocycles. The Morgan fingerprint density at radius 3 is 2.88 bits per heavy atom. The van der Waals surface area contributed by atoms with Crippen LogP contribution in [-0.4, -0.2) is 51.6 Å². The fourth-order valence-corrected chi connectivity index (χ4v) is 4.21. The van der Waals surface area contributed by atoms with Crippen LogP contribution in [0.2, 0.25) is 0 Å². The summed E-state index contributed by atoms with van der Waals surface area (Å²) in [5.41, 5.74) is -0.248. The number of hydrogen-bond donors (Lipinski definition) is 2. The molecule has 1 amide bonds. The highest BCUT2D eigenvalue weighted by Gasteiger charge is 2.44. The van der Waals surface area contributed by atoms with E-state index < -0.39 is 6.10 Å². The minimum absolute atomic E-state index is 0.0784. The molecule has 25 heavy (non-hydrogen) atoms. The van der Waals surface area contributed by atoms with Gasteiger partial charge in [-0.05, 0) is 39.0 Å². The normalized spacial score (nSPS) is 27.9. The third-order valence-electron chi connectivity index (χ3n) is 6.02. The Hall–Kier alpha value is -1.47. The van der Waals surface area contributed by atoms with Crippen LogP contribution in [0.1, 0.15) is 57.2 Å². The molecule has 2 fully saturated rings. The quantitative estimate of drug-likeness (QED) is 0.692. The summed E-state index contributed by atoms with van der Waals surface area (Å²) in [6.07, 6.45) is 6.60. The first-order valence-corrected chi connectivity index (χ1v) is 9.44. The van der Waals surface area contributed by atoms with Crippen molar-refractivity contribution < 1.29 is 14.6 Å². The number of aliphatic hydroxyl groups is 1. The lowest BCUT2D eigenvalue weighted by atomic mass is 9.66. The van der Waals surface area contributed by atoms with Crippen molar-refractivity contribution in [1.82, 2.24) is 20.1 Å². The maximum atomic E-state index is 12.7. The topological polar surface area (TPSA) is 89.3 Å². The Kier molecular flexibility index (Phi) is 5.74. The van der Waals surface area contributed by atoms with Gasteiger partial charge in [-0.1, -0.05) is 6.42 Å². The Labute approximate surface area is 149 Å². The van der Waals surface area contributed by atoms with Gasteiger partial charge in [0.2, 0.25) is 5.91 Å². The first kappa shape index (κ1) is 18.3. The molecule has 2 aliphatic carbocycles. The number of nitrogens with one attached hydrogen (secondary N) is 1. The zero-order valence-corrected chi connectivity index (χ0v) is 15.3. The van der Waals surface area contributed by atoms with Gasteiger partial charge >= 0.3 is 0 Å². The molecule has 0 aliphatic heterocycles. The molecule has 0 radical (unpaired) electrons. The van der Waals surface area contributed by atoms with Crippen LogP contribution in [0.3, 0.4) is 0 Å². The van der Waals surface area contributed by atoms with Crippen molar-refractivity contribution >= 4 is 5.91 Å². The molecule has 0 unspecified atom stereocenters. The highest BCUT2D eigenvalue weighted by atomic mass is 16.5. The molecule has 0 aromatic carbocycles. The summed E-state index contributed by atoms with van der Waals surface area (Å²) in [5, 5.41) is 21.6. The van der Waals surface area contributed by atoms with E-state index in [1.165, 1.54) is 0 Å². The second-order valence-electron chi connectivity index (χ2n) is 7.59. The minimum atomic E-state index is -0.400. The first-order valence-electron chi connectivity index (χ1n) is 9.44. The van der Waals surface area contributed by atoms with Crippen LogP contribution < -0.4 is 5.32 Å². The van der Waals surface area contributed by atoms with Crippen molar-refractivity contribution in [2.45, 2.75) is 57.5 Å². The molecule has 2 N–H and O–H groups in total. The summed E-state index contributed by atoms with van der Waals surface area (Å²) >= 11 is 0. The van der Waals surface area contributed by atoms with E-state index in [9.17, 15) is 9.90 Å². The Morgan fingerprint density at radius 1 is 1.48 bits per heavy atom. The fourth-order valence-electron chi connectivity index (χ4n) is 4.21. The number of rotatable bonds is 8. The maximum Gasteiger partial charge on any atom is 0.226 e. The van der Waals surface area contributed by atoms with E-state index in [1.54, 1.807) is 6.33 Å². The summed E-state index contributed by atoms with van der Waals surface area (Å²) in [7, 11) is 1.93. The first-order chi connectivity index (χ1) is 12.1. The number of nitrogens with zero attached hydrogens (tertiary/aromatic N) is 3. The summed E-state index contributed by atoms with van der Waals surface area (Å²) in [4.78, 5) is 12.7. The monoisotopic (exact) mass is 350 g/mol. The van der Waals surface area contributed by atoms with Gasteiger partial charge in [0.1, 0.15) is 12.2 Å². The number of aliphatic hydroxyl groups excluding tert-OH is 1. The van der Waals surface area contributed by atoms with Crippen molar-refractivity contribution in [3.05, 3.63) is 12.2 Å². The molecule has 0 bridgehead atoms. The van der Waals surface area contributed by atoms with Gasteiger partial charge in [0, 0.05) is 38.6 Å². The summed E-state index contributed by atoms with van der Waals surface area (Å²) in [6, 6.07) is 0. The Morgan fingerprint density at radius 2 is 2.28 bits per heavy atom. The van der Waals surface area contributed by atoms with Crippen molar-refractivity contribution in [3.63, 3.8) is 0 Å². The third kappa shape index (κ3) is 3.87. The molecule has 3 rings (SSSR count). The number of hydrogen-bond acceptors (Lipinski definition) is 5. The SMILES string of the molecule is CCOCCC1(C(=O)NC[C@H]2C[C@H](c3nncn3C)C[C@H]2O)CCC1. The lowest BCUT2D eigenvalue weighted by molar-refractivity contribution is -0.138. The number of ether oxygens (including phenoxy) is 1. The highest BCUT2D eigenvalue weighted by Crippen LogP contribution is 2.44. The average molecular weight is 350 g/mol. The molecule has 3 atom stereocenters. The molecule has 1 heterocycles. The van der Waals surface area contributed by atoms with Gasteiger partial charge in [-0.25, -0.2) is 0 Å². The van der Waals surface area contributed by atoms with Gasteiger partial charge in [0.05, 0.1) is 11.5 Å². The predicted molar refractivity (Wildman–Crippen MR) is 92.9 cm³/mol. The van der Waals surface area contributed by atoms with Crippen LogP contribution in [0.4, 0.5) is 0 Å². The van der Waals surface area contributed by atoms with Crippen molar-refractivity contribution in [2.75, 3.05) is 19.8 Å². The van der Waals surface area contributed by atoms with E-state index in [-0.39, 0.29) is 23.2 Å². The van der Waals surface area contributed by atoms with Gasteiger partial charge < -0.3 is 19.7 Å². The van der Waals surface area contributed by atoms with Crippen LogP contribution in [0.25, 0.3) is 0 Å². The smallest absolute Gasteiger partial charge is 0.226 e. The lowest BCUT2D eigenvalue weighted by Gasteiger charge is -2.40. The maximum absolute atomic E-state index is 12.7. The van der Waals surface area contributed by atoms with E-state index in [0.717, 1.165) is 37.9 Å². The van der Waals surface area contributed by atoms with Crippen molar-refractivity contribution in [1.29, 1.82) is 0 Å². The van der Waals surface area contributed by atoms with Crippen molar-refractivity contribution in [2.24, 2.45) is 18.4 Å². The summed E-state index contributed by atoms with van der Waals surface area (Å²) < 4.78 is 7.35. The van der Waals surface area contributed by atoms with Crippen molar-refractivity contribution in [3.8, 4) is 0 Å². The average Bonchev–Trinajstić information content (AvgIpc) is 3.13. The second kappa shape index (κ2) is 7.83. The van der Waals surface area contributed by atoms with Crippen LogP contribution in [0.15, 0.2) is 6.33 Å². The summed E-state index contributed by atoms with van der Waals surface area (Å²) in [5.74, 6) is 1.34. The molecular formula is C18H30N4O3. The zero-order valence-electron chi connectivity index (χ0n) is 15.3. The second-order valence-corrected chi connectivity index (χ2v) is 7.59. The highest BCUT2D eigenvalue weighted by molar-refractivity contribution is 5.83. The Bertz CT molecular complexity index is 585. The Balaban J connectivity index is 1.51. The fraction of sp³-hybridized carbons (Fsp3) is 0.833. The van der Waals surface area contributed by atoms with E-state index in [0.29, 0.717) is 26.2 Å². The molecule has 7 nitrogen and oxygen atoms in total. The van der Waals surface area contributed by atoms with Gasteiger partial charge in [-0.3, -0.25) is 4.79 Å². The molecule has 7 heteroatoms. The van der Waals surface area contributed by atoms with Gasteiger partial charge in [-0.2, -0.15) is 0 Å². The molecule has 2 saturated carbocycles. The van der Waals surface area contributed by atoms with Gasteiger partial charge in [0.15, 0.2) is 0 Å². The molecule has 0 spiro atoms. The number of carbonyl (C=O) groups is 1. The largest absolute Gasteiger partial charge is 0.393 e. The standard InChI is InChI=1S/C18H30N4O3/c1-3-25-8-7-18(5-4-6-18)17(24)19-11-14-9-13(10-15(14)23)16-21-20-12-22(16)2/h12-15,23H,3-11H2,1-2H3,(H,19,24)/t13-,14+,15+/m0/s1. The van der Waals surface area contributed by atoms with Crippen LogP contribution >= 0.6 is 0 Å². The predicted octanol–water partition coefficient (Wildman–Crippen LogP) is 1.38.